The van der Waals surface area contributed by atoms with Gasteiger partial charge in [-0.1, -0.05) is 43.8 Å². The molecule has 8 heteroatoms. The van der Waals surface area contributed by atoms with Crippen molar-refractivity contribution in [2.75, 3.05) is 7.05 Å². The Morgan fingerprint density at radius 3 is 2.48 bits per heavy atom. The van der Waals surface area contributed by atoms with Crippen molar-refractivity contribution in [3.8, 4) is 0 Å². The first-order valence-electron chi connectivity index (χ1n) is 9.69. The van der Waals surface area contributed by atoms with Gasteiger partial charge in [-0.2, -0.15) is 0 Å². The van der Waals surface area contributed by atoms with Crippen molar-refractivity contribution in [2.45, 2.75) is 25.3 Å². The standard InChI is InChI=1S/C23H22FN3O4/c1-4-16-7-6-8-19(27(30)31)18(16)13-20-21(28)25-23(5-2,22(29)26(20)3)14-15-9-11-17(24)12-10-15/h4,6-13H,1,5,14H2,2-3H3,(H,25,28)/b20-13+. The summed E-state index contributed by atoms with van der Waals surface area (Å²) in [6, 6.07) is 10.2. The molecule has 3 rings (SSSR count). The SMILES string of the molecule is C=Cc1cccc([N+](=O)[O-])c1/C=C1\C(=O)NC(CC)(Cc2ccc(F)cc2)C(=O)N1C. The maximum absolute atomic E-state index is 13.3. The van der Waals surface area contributed by atoms with Gasteiger partial charge < -0.3 is 10.2 Å². The van der Waals surface area contributed by atoms with Gasteiger partial charge in [0.05, 0.1) is 10.5 Å². The molecule has 1 atom stereocenters. The van der Waals surface area contributed by atoms with Crippen LogP contribution in [0.25, 0.3) is 12.2 Å². The van der Waals surface area contributed by atoms with Gasteiger partial charge in [-0.15, -0.1) is 0 Å². The second kappa shape index (κ2) is 8.51. The Hall–Kier alpha value is -3.81. The Bertz CT molecular complexity index is 1090. The summed E-state index contributed by atoms with van der Waals surface area (Å²) in [5, 5.41) is 14.3. The van der Waals surface area contributed by atoms with Crippen LogP contribution in [0.4, 0.5) is 10.1 Å². The van der Waals surface area contributed by atoms with Crippen LogP contribution in [-0.2, 0) is 16.0 Å². The first-order chi connectivity index (χ1) is 14.7. The number of rotatable bonds is 6. The van der Waals surface area contributed by atoms with Crippen molar-refractivity contribution >= 4 is 29.7 Å². The van der Waals surface area contributed by atoms with E-state index in [1.54, 1.807) is 25.1 Å². The van der Waals surface area contributed by atoms with E-state index >= 15 is 0 Å². The summed E-state index contributed by atoms with van der Waals surface area (Å²) in [5.74, 6) is -1.28. The molecule has 1 fully saturated rings. The normalized spacial score (nSPS) is 20.0. The number of hydrogen-bond acceptors (Lipinski definition) is 4. The number of hydrogen-bond donors (Lipinski definition) is 1. The number of nitro benzene ring substituents is 1. The number of carbonyl (C=O) groups is 2. The molecule has 0 aromatic heterocycles. The van der Waals surface area contributed by atoms with Gasteiger partial charge in [0.1, 0.15) is 17.1 Å². The molecule has 0 radical (unpaired) electrons. The summed E-state index contributed by atoms with van der Waals surface area (Å²) in [5.41, 5.74) is -0.0535. The largest absolute Gasteiger partial charge is 0.336 e. The van der Waals surface area contributed by atoms with Crippen molar-refractivity contribution in [3.05, 3.63) is 87.4 Å². The first kappa shape index (κ1) is 21.9. The topological polar surface area (TPSA) is 92.5 Å². The van der Waals surface area contributed by atoms with Crippen LogP contribution in [0.2, 0.25) is 0 Å². The van der Waals surface area contributed by atoms with E-state index in [4.69, 9.17) is 0 Å². The summed E-state index contributed by atoms with van der Waals surface area (Å²) in [6.45, 7) is 5.45. The zero-order chi connectivity index (χ0) is 22.8. The number of benzene rings is 2. The molecule has 1 aliphatic heterocycles. The van der Waals surface area contributed by atoms with E-state index in [1.165, 1.54) is 48.4 Å². The number of halogens is 1. The molecule has 1 saturated heterocycles. The van der Waals surface area contributed by atoms with Gasteiger partial charge in [0.25, 0.3) is 17.5 Å². The summed E-state index contributed by atoms with van der Waals surface area (Å²) < 4.78 is 13.2. The van der Waals surface area contributed by atoms with E-state index in [0.29, 0.717) is 17.5 Å². The lowest BCUT2D eigenvalue weighted by Gasteiger charge is -2.41. The number of piperazine rings is 1. The van der Waals surface area contributed by atoms with Gasteiger partial charge >= 0.3 is 0 Å². The predicted molar refractivity (Wildman–Crippen MR) is 115 cm³/mol. The smallest absolute Gasteiger partial charge is 0.277 e. The van der Waals surface area contributed by atoms with E-state index in [0.717, 1.165) is 0 Å². The van der Waals surface area contributed by atoms with Crippen LogP contribution in [-0.4, -0.2) is 34.2 Å². The van der Waals surface area contributed by atoms with E-state index in [2.05, 4.69) is 11.9 Å². The maximum atomic E-state index is 13.3. The lowest BCUT2D eigenvalue weighted by molar-refractivity contribution is -0.385. The summed E-state index contributed by atoms with van der Waals surface area (Å²) in [6.07, 6.45) is 3.29. The van der Waals surface area contributed by atoms with Crippen molar-refractivity contribution < 1.29 is 18.9 Å². The van der Waals surface area contributed by atoms with Crippen LogP contribution in [0.3, 0.4) is 0 Å². The number of likely N-dealkylation sites (N-methyl/N-ethyl adjacent to an activating group) is 1. The fraction of sp³-hybridized carbons (Fsp3) is 0.217. The number of amides is 2. The summed E-state index contributed by atoms with van der Waals surface area (Å²) in [4.78, 5) is 38.5. The predicted octanol–water partition coefficient (Wildman–Crippen LogP) is 3.70. The van der Waals surface area contributed by atoms with Crippen molar-refractivity contribution in [1.29, 1.82) is 0 Å². The molecule has 0 bridgehead atoms. The van der Waals surface area contributed by atoms with Gasteiger partial charge in [-0.25, -0.2) is 4.39 Å². The van der Waals surface area contributed by atoms with Crippen LogP contribution in [0, 0.1) is 15.9 Å². The Labute approximate surface area is 179 Å². The second-order valence-electron chi connectivity index (χ2n) is 7.33. The zero-order valence-corrected chi connectivity index (χ0v) is 17.2. The highest BCUT2D eigenvalue weighted by molar-refractivity contribution is 6.09. The Balaban J connectivity index is 2.03. The van der Waals surface area contributed by atoms with Crippen LogP contribution in [0.15, 0.2) is 54.7 Å². The zero-order valence-electron chi connectivity index (χ0n) is 17.2. The minimum atomic E-state index is -1.20. The molecule has 7 nitrogen and oxygen atoms in total. The van der Waals surface area contributed by atoms with E-state index < -0.39 is 22.2 Å². The van der Waals surface area contributed by atoms with Crippen LogP contribution < -0.4 is 5.32 Å². The van der Waals surface area contributed by atoms with Crippen LogP contribution >= 0.6 is 0 Å². The molecule has 0 spiro atoms. The molecule has 160 valence electrons. The number of nitrogens with zero attached hydrogens (tertiary/aromatic N) is 2. The molecular formula is C23H22FN3O4. The molecule has 1 unspecified atom stereocenters. The van der Waals surface area contributed by atoms with E-state index in [-0.39, 0.29) is 29.3 Å². The van der Waals surface area contributed by atoms with Crippen molar-refractivity contribution in [2.24, 2.45) is 0 Å². The third-order valence-corrected chi connectivity index (χ3v) is 5.50. The highest BCUT2D eigenvalue weighted by Crippen LogP contribution is 2.31. The Morgan fingerprint density at radius 1 is 1.23 bits per heavy atom. The third-order valence-electron chi connectivity index (χ3n) is 5.50. The number of nitrogens with one attached hydrogen (secondary N) is 1. The van der Waals surface area contributed by atoms with Gasteiger partial charge in [0.15, 0.2) is 0 Å². The van der Waals surface area contributed by atoms with Gasteiger partial charge in [-0.3, -0.25) is 19.7 Å². The monoisotopic (exact) mass is 423 g/mol. The number of nitro groups is 1. The quantitative estimate of drug-likeness (QED) is 0.436. The molecule has 2 aromatic carbocycles. The molecule has 1 aliphatic rings. The molecule has 2 aromatic rings. The van der Waals surface area contributed by atoms with E-state index in [9.17, 15) is 24.1 Å². The van der Waals surface area contributed by atoms with Gasteiger partial charge in [-0.05, 0) is 35.8 Å². The Kier molecular flexibility index (Phi) is 6.01. The molecule has 2 amide bonds. The maximum Gasteiger partial charge on any atom is 0.277 e. The third kappa shape index (κ3) is 4.09. The Morgan fingerprint density at radius 2 is 1.90 bits per heavy atom. The fourth-order valence-corrected chi connectivity index (χ4v) is 3.72. The fourth-order valence-electron chi connectivity index (χ4n) is 3.72. The van der Waals surface area contributed by atoms with Crippen molar-refractivity contribution in [1.82, 2.24) is 10.2 Å². The second-order valence-corrected chi connectivity index (χ2v) is 7.33. The van der Waals surface area contributed by atoms with Crippen molar-refractivity contribution in [3.63, 3.8) is 0 Å². The highest BCUT2D eigenvalue weighted by Gasteiger charge is 2.46. The molecule has 1 N–H and O–H groups in total. The van der Waals surface area contributed by atoms with Crippen LogP contribution in [0.1, 0.15) is 30.0 Å². The summed E-state index contributed by atoms with van der Waals surface area (Å²) >= 11 is 0. The summed E-state index contributed by atoms with van der Waals surface area (Å²) in [7, 11) is 1.46. The molecular weight excluding hydrogens is 401 g/mol. The molecule has 31 heavy (non-hydrogen) atoms. The molecule has 0 saturated carbocycles. The average molecular weight is 423 g/mol. The number of carbonyl (C=O) groups excluding carboxylic acids is 2. The molecule has 0 aliphatic carbocycles. The van der Waals surface area contributed by atoms with E-state index in [1.807, 2.05) is 0 Å². The lowest BCUT2D eigenvalue weighted by Crippen LogP contribution is -2.65. The van der Waals surface area contributed by atoms with Gasteiger partial charge in [0.2, 0.25) is 0 Å². The first-order valence-corrected chi connectivity index (χ1v) is 9.69. The molecule has 1 heterocycles. The average Bonchev–Trinajstić information content (AvgIpc) is 2.76. The minimum absolute atomic E-state index is 0.00872. The highest BCUT2D eigenvalue weighted by atomic mass is 19.1. The van der Waals surface area contributed by atoms with Crippen LogP contribution in [0.5, 0.6) is 0 Å². The van der Waals surface area contributed by atoms with Gasteiger partial charge in [0, 0.05) is 19.5 Å². The lowest BCUT2D eigenvalue weighted by atomic mass is 9.84. The minimum Gasteiger partial charge on any atom is -0.336 e.